The van der Waals surface area contributed by atoms with Gasteiger partial charge >= 0.3 is 12.2 Å². The highest BCUT2D eigenvalue weighted by atomic mass is 79.9. The van der Waals surface area contributed by atoms with Gasteiger partial charge in [-0.05, 0) is 197 Å². The third kappa shape index (κ3) is 23.3. The average molecular weight is 1570 g/mol. The second kappa shape index (κ2) is 35.3. The Morgan fingerprint density at radius 3 is 1.41 bits per heavy atom. The van der Waals surface area contributed by atoms with Crippen LogP contribution in [0.1, 0.15) is 82.9 Å². The molecule has 99 heavy (non-hydrogen) atoms. The number of rotatable bonds is 19. The fourth-order valence-corrected chi connectivity index (χ4v) is 12.5. The second-order valence-corrected chi connectivity index (χ2v) is 31.1. The Balaban J connectivity index is 0.000000190. The van der Waals surface area contributed by atoms with Crippen molar-refractivity contribution in [2.75, 3.05) is 29.4 Å². The number of sulfonamides is 2. The van der Waals surface area contributed by atoms with Gasteiger partial charge in [-0.2, -0.15) is 0 Å². The summed E-state index contributed by atoms with van der Waals surface area (Å²) < 4.78 is 129. The zero-order chi connectivity index (χ0) is 72.3. The highest BCUT2D eigenvalue weighted by molar-refractivity contribution is 9.10. The van der Waals surface area contributed by atoms with E-state index in [1.807, 2.05) is 39.8 Å². The van der Waals surface area contributed by atoms with Gasteiger partial charge in [0.2, 0.25) is 26.0 Å². The maximum absolute atomic E-state index is 14.9. The van der Waals surface area contributed by atoms with E-state index in [2.05, 4.69) is 61.6 Å². The minimum Gasteiger partial charge on any atom is -0.444 e. The number of pyridine rings is 3. The molecule has 0 bridgehead atoms. The van der Waals surface area contributed by atoms with Gasteiger partial charge in [0.05, 0.1) is 56.9 Å². The molecule has 3 saturated heterocycles. The first kappa shape index (κ1) is 78.3. The molecule has 6 heterocycles. The number of carbonyl (C=O) groups is 4. The molecule has 3 fully saturated rings. The van der Waals surface area contributed by atoms with Crippen LogP contribution in [0.15, 0.2) is 206 Å². The van der Waals surface area contributed by atoms with Crippen LogP contribution in [0.4, 0.5) is 29.7 Å². The molecular formula is C68H72Br2ClF2N9O14S3. The van der Waals surface area contributed by atoms with E-state index in [-0.39, 0.29) is 69.8 Å². The van der Waals surface area contributed by atoms with Crippen molar-refractivity contribution >= 4 is 107 Å². The fraction of sp³-hybridized carbons (Fsp3) is 0.279. The van der Waals surface area contributed by atoms with Crippen LogP contribution in [-0.4, -0.2) is 107 Å². The molecule has 11 rings (SSSR count). The highest BCUT2D eigenvalue weighted by Gasteiger charge is 2.50. The Bertz CT molecular complexity index is 4400. The van der Waals surface area contributed by atoms with Crippen LogP contribution in [-0.2, 0) is 77.3 Å². The van der Waals surface area contributed by atoms with Gasteiger partial charge in [-0.25, -0.2) is 53.1 Å². The number of amides is 3. The minimum absolute atomic E-state index is 0.0438. The first-order valence-electron chi connectivity index (χ1n) is 30.3. The number of cyclic esters (lactones) is 2. The van der Waals surface area contributed by atoms with Crippen molar-refractivity contribution in [1.82, 2.24) is 29.7 Å². The van der Waals surface area contributed by atoms with E-state index in [0.29, 0.717) is 42.9 Å². The molecule has 0 unspecified atom stereocenters. The Hall–Kier alpha value is -8.01. The first-order valence-corrected chi connectivity index (χ1v) is 37.2. The fourth-order valence-electron chi connectivity index (χ4n) is 9.16. The van der Waals surface area contributed by atoms with E-state index in [0.717, 1.165) is 25.6 Å². The third-order valence-corrected chi connectivity index (χ3v) is 20.6. The minimum atomic E-state index is -3.76. The summed E-state index contributed by atoms with van der Waals surface area (Å²) in [7, 11) is -5.72. The Morgan fingerprint density at radius 2 is 1.00 bits per heavy atom. The van der Waals surface area contributed by atoms with Crippen LogP contribution in [0.5, 0.6) is 0 Å². The topological polar surface area (TPSA) is 315 Å². The molecule has 5 N–H and O–H groups in total. The number of aromatic nitrogens is 3. The number of nitrogens with two attached hydrogens (primary N) is 1. The van der Waals surface area contributed by atoms with Crippen LogP contribution >= 0.6 is 42.5 Å². The number of hydrogen-bond donors (Lipinski definition) is 4. The molecule has 0 spiro atoms. The highest BCUT2D eigenvalue weighted by Crippen LogP contribution is 2.46. The number of halogens is 5. The van der Waals surface area contributed by atoms with E-state index >= 15 is 0 Å². The molecule has 0 radical (unpaired) electrons. The van der Waals surface area contributed by atoms with Gasteiger partial charge in [0.1, 0.15) is 29.6 Å². The molecule has 0 aliphatic carbocycles. The van der Waals surface area contributed by atoms with Crippen LogP contribution in [0.3, 0.4) is 0 Å². The van der Waals surface area contributed by atoms with E-state index < -0.39 is 76.5 Å². The Kier molecular flexibility index (Phi) is 28.0. The SMILES string of the molecule is CC(=O)CC[C@H]1CN(c2ccc(C3OC(C)(C)C(C)(C)O3)c(F)c2)C(=O)O1.CC(=O)NC[C@H]1CN(c2ccc(-c3ccc(S(=O)(=O)NCc4ccncc4)cc3)c(F)c2)C(=O)O1.NCc1ccncc1.O=S(=O)(Cl)c1ccc(Br)cc1.O=S(=O)(NCc1ccncc1)c1ccc(Br)cc1. The van der Waals surface area contributed by atoms with Gasteiger partial charge in [0, 0.05) is 101 Å². The molecule has 3 aromatic heterocycles. The number of hydrogen-bond acceptors (Lipinski definition) is 18. The number of ether oxygens (including phenoxy) is 4. The van der Waals surface area contributed by atoms with E-state index in [9.17, 15) is 53.2 Å². The molecular weight excluding hydrogens is 1500 g/mol. The smallest absolute Gasteiger partial charge is 0.414 e. The lowest BCUT2D eigenvalue weighted by molar-refractivity contribution is -0.119. The van der Waals surface area contributed by atoms with Crippen molar-refractivity contribution in [3.8, 4) is 11.1 Å². The van der Waals surface area contributed by atoms with E-state index in [4.69, 9.17) is 35.4 Å². The summed E-state index contributed by atoms with van der Waals surface area (Å²) in [5, 5.41) is 2.59. The Labute approximate surface area is 595 Å². The van der Waals surface area contributed by atoms with E-state index in [1.54, 1.807) is 116 Å². The van der Waals surface area contributed by atoms with Crippen molar-refractivity contribution in [3.05, 3.63) is 226 Å². The summed E-state index contributed by atoms with van der Waals surface area (Å²) in [6, 6.07) is 38.1. The molecule has 23 nitrogen and oxygen atoms in total. The molecule has 5 aromatic carbocycles. The predicted molar refractivity (Wildman–Crippen MR) is 375 cm³/mol. The van der Waals surface area contributed by atoms with Gasteiger partial charge < -0.3 is 34.8 Å². The van der Waals surface area contributed by atoms with Crippen molar-refractivity contribution in [2.24, 2.45) is 5.73 Å². The molecule has 3 aliphatic heterocycles. The number of nitrogens with one attached hydrogen (secondary N) is 3. The summed E-state index contributed by atoms with van der Waals surface area (Å²) in [4.78, 5) is 61.1. The lowest BCUT2D eigenvalue weighted by atomic mass is 9.90. The summed E-state index contributed by atoms with van der Waals surface area (Å²) in [5.74, 6) is -1.28. The van der Waals surface area contributed by atoms with Gasteiger partial charge in [-0.1, -0.05) is 44.0 Å². The molecule has 3 aliphatic rings. The number of nitrogens with zero attached hydrogens (tertiary/aromatic N) is 5. The number of carbonyl (C=O) groups excluding carboxylic acids is 4. The van der Waals surface area contributed by atoms with Gasteiger partial charge in [0.15, 0.2) is 6.29 Å². The summed E-state index contributed by atoms with van der Waals surface area (Å²) in [5.41, 5.74) is 8.71. The standard InChI is InChI=1S/C24H23FN4O5S.C20H26FNO5.C12H11BrN2O2S.C6H4BrClO2S.C6H8N2/c1-16(30)27-14-20-15-29(24(31)34-20)19-4-7-22(23(25)12-19)18-2-5-21(6-3-18)35(32,33)28-13-17-8-10-26-11-9-17;1-12(23)6-8-14-11-22(18(24)25-14)13-7-9-15(16(21)10-13)17-26-19(2,3)20(4,5)27-17;13-11-1-3-12(4-2-11)18(16,17)15-9-10-5-7-14-8-6-10;7-5-1-3-6(4-2-5)11(8,9)10;7-5-6-1-3-8-4-2-6/h2-12,20,28H,13-15H2,1H3,(H,27,30);7,9-10,14,17H,6,8,11H2,1-5H3;1-8,15H,9H2;1-4H;1-4H,5,7H2/t20-;14-;;;/m00.../s1. The van der Waals surface area contributed by atoms with Crippen LogP contribution in [0, 0.1) is 11.6 Å². The van der Waals surface area contributed by atoms with E-state index in [1.165, 1.54) is 78.2 Å². The molecule has 2 atom stereocenters. The van der Waals surface area contributed by atoms with Crippen molar-refractivity contribution in [3.63, 3.8) is 0 Å². The molecule has 3 amide bonds. The van der Waals surface area contributed by atoms with Crippen LogP contribution in [0.25, 0.3) is 11.1 Å². The lowest BCUT2D eigenvalue weighted by Gasteiger charge is -2.30. The quantitative estimate of drug-likeness (QED) is 0.0547. The largest absolute Gasteiger partial charge is 0.444 e. The van der Waals surface area contributed by atoms with Gasteiger partial charge in [-0.3, -0.25) is 29.5 Å². The zero-order valence-electron chi connectivity index (χ0n) is 54.4. The molecule has 526 valence electrons. The first-order chi connectivity index (χ1) is 46.7. The maximum atomic E-state index is 14.9. The number of benzene rings is 5. The van der Waals surface area contributed by atoms with Crippen molar-refractivity contribution in [1.29, 1.82) is 0 Å². The third-order valence-electron chi connectivity index (χ3n) is 15.3. The number of ketones is 1. The zero-order valence-corrected chi connectivity index (χ0v) is 60.7. The van der Waals surface area contributed by atoms with Crippen molar-refractivity contribution < 1.29 is 72.2 Å². The van der Waals surface area contributed by atoms with Gasteiger partial charge in [-0.15, -0.1) is 0 Å². The number of anilines is 2. The summed E-state index contributed by atoms with van der Waals surface area (Å²) in [6.07, 6.45) is 7.84. The molecule has 31 heteroatoms. The maximum Gasteiger partial charge on any atom is 0.414 e. The van der Waals surface area contributed by atoms with Crippen molar-refractivity contribution in [2.45, 2.75) is 118 Å². The normalized spacial score (nSPS) is 16.2. The van der Waals surface area contributed by atoms with Gasteiger partial charge in [0.25, 0.3) is 9.05 Å². The van der Waals surface area contributed by atoms with Crippen LogP contribution < -0.4 is 30.3 Å². The Morgan fingerprint density at radius 1 is 0.586 bits per heavy atom. The number of Topliss-reactive ketones (excluding diaryl/α,β-unsaturated/α-hetero) is 1. The summed E-state index contributed by atoms with van der Waals surface area (Å²) in [6.45, 7) is 12.1. The summed E-state index contributed by atoms with van der Waals surface area (Å²) >= 11 is 6.44. The lowest BCUT2D eigenvalue weighted by Crippen LogP contribution is -2.41. The molecule has 0 saturated carbocycles. The monoisotopic (exact) mass is 1570 g/mol. The van der Waals surface area contributed by atoms with Crippen LogP contribution in [0.2, 0.25) is 0 Å². The average Bonchev–Trinajstić information content (AvgIpc) is 1.63. The predicted octanol–water partition coefficient (Wildman–Crippen LogP) is 12.2. The molecule has 8 aromatic rings. The second-order valence-electron chi connectivity index (χ2n) is 23.2.